The van der Waals surface area contributed by atoms with E-state index >= 15 is 0 Å². The van der Waals surface area contributed by atoms with E-state index < -0.39 is 17.8 Å². The number of carbonyl (C=O) groups is 2. The molecule has 28 heavy (non-hydrogen) atoms. The van der Waals surface area contributed by atoms with Crippen molar-refractivity contribution in [1.29, 1.82) is 0 Å². The van der Waals surface area contributed by atoms with Gasteiger partial charge < -0.3 is 28.9 Å². The molecule has 152 valence electrons. The first-order valence-corrected chi connectivity index (χ1v) is 8.95. The number of ether oxygens (including phenoxy) is 3. The maximum atomic E-state index is 14.9. The Labute approximate surface area is 163 Å². The third-order valence-electron chi connectivity index (χ3n) is 4.91. The molecular weight excluding hydrogens is 369 g/mol. The van der Waals surface area contributed by atoms with Crippen molar-refractivity contribution >= 4 is 23.3 Å². The summed E-state index contributed by atoms with van der Waals surface area (Å²) in [5.41, 5.74) is 0.841. The summed E-state index contributed by atoms with van der Waals surface area (Å²) >= 11 is 0. The number of esters is 2. The van der Waals surface area contributed by atoms with Gasteiger partial charge in [0.05, 0.1) is 37.8 Å². The number of benzene rings is 1. The van der Waals surface area contributed by atoms with Gasteiger partial charge in [-0.1, -0.05) is 6.07 Å². The molecule has 9 heteroatoms. The Kier molecular flexibility index (Phi) is 6.15. The van der Waals surface area contributed by atoms with Crippen LogP contribution in [0.3, 0.4) is 0 Å². The zero-order valence-corrected chi connectivity index (χ0v) is 16.2. The van der Waals surface area contributed by atoms with Crippen LogP contribution in [0.4, 0.5) is 15.8 Å². The lowest BCUT2D eigenvalue weighted by molar-refractivity contribution is -0.140. The van der Waals surface area contributed by atoms with Crippen LogP contribution in [-0.2, 0) is 23.8 Å². The SMILES string of the molecule is COC(=O)C1=C(C(=O)OC)N(c2cccc(F)c2N2CCN(C)CC2)COC1. The average molecular weight is 393 g/mol. The number of anilines is 2. The predicted molar refractivity (Wildman–Crippen MR) is 100 cm³/mol. The van der Waals surface area contributed by atoms with E-state index in [0.29, 0.717) is 24.5 Å². The Morgan fingerprint density at radius 2 is 1.75 bits per heavy atom. The van der Waals surface area contributed by atoms with Crippen molar-refractivity contribution in [2.45, 2.75) is 0 Å². The van der Waals surface area contributed by atoms with Crippen molar-refractivity contribution < 1.29 is 28.2 Å². The molecule has 0 spiro atoms. The molecule has 0 bridgehead atoms. The summed E-state index contributed by atoms with van der Waals surface area (Å²) in [6, 6.07) is 4.64. The fourth-order valence-corrected chi connectivity index (χ4v) is 3.40. The van der Waals surface area contributed by atoms with E-state index in [1.54, 1.807) is 12.1 Å². The Morgan fingerprint density at radius 1 is 1.07 bits per heavy atom. The van der Waals surface area contributed by atoms with Crippen molar-refractivity contribution in [3.8, 4) is 0 Å². The highest BCUT2D eigenvalue weighted by Crippen LogP contribution is 2.37. The molecule has 0 saturated carbocycles. The highest BCUT2D eigenvalue weighted by Gasteiger charge is 2.35. The Bertz CT molecular complexity index is 790. The second kappa shape index (κ2) is 8.57. The number of piperazine rings is 1. The number of likely N-dealkylation sites (N-methyl/N-ethyl adjacent to an activating group) is 1. The van der Waals surface area contributed by atoms with Crippen molar-refractivity contribution in [3.05, 3.63) is 35.3 Å². The Balaban J connectivity index is 2.10. The van der Waals surface area contributed by atoms with E-state index in [0.717, 1.165) is 13.1 Å². The number of carbonyl (C=O) groups excluding carboxylic acids is 2. The van der Waals surface area contributed by atoms with E-state index in [9.17, 15) is 14.0 Å². The van der Waals surface area contributed by atoms with Crippen LogP contribution in [0.25, 0.3) is 0 Å². The molecule has 0 N–H and O–H groups in total. The molecule has 0 atom stereocenters. The van der Waals surface area contributed by atoms with Gasteiger partial charge in [-0.2, -0.15) is 0 Å². The summed E-state index contributed by atoms with van der Waals surface area (Å²) in [6.07, 6.45) is 0. The fraction of sp³-hybridized carbons (Fsp3) is 0.474. The molecule has 2 aliphatic rings. The highest BCUT2D eigenvalue weighted by atomic mass is 19.1. The van der Waals surface area contributed by atoms with E-state index in [4.69, 9.17) is 14.2 Å². The van der Waals surface area contributed by atoms with Gasteiger partial charge >= 0.3 is 11.9 Å². The van der Waals surface area contributed by atoms with Crippen LogP contribution in [-0.4, -0.2) is 77.6 Å². The zero-order valence-electron chi connectivity index (χ0n) is 16.2. The van der Waals surface area contributed by atoms with Gasteiger partial charge in [0.1, 0.15) is 18.2 Å². The number of hydrogen-bond acceptors (Lipinski definition) is 8. The molecule has 3 rings (SSSR count). The molecule has 1 aromatic carbocycles. The van der Waals surface area contributed by atoms with Crippen molar-refractivity contribution in [3.63, 3.8) is 0 Å². The summed E-state index contributed by atoms with van der Waals surface area (Å²) < 4.78 is 30.0. The summed E-state index contributed by atoms with van der Waals surface area (Å²) in [4.78, 5) is 30.2. The fourth-order valence-electron chi connectivity index (χ4n) is 3.40. The van der Waals surface area contributed by atoms with E-state index in [1.807, 2.05) is 11.9 Å². The maximum Gasteiger partial charge on any atom is 0.355 e. The molecular formula is C19H24FN3O5. The molecule has 1 fully saturated rings. The lowest BCUT2D eigenvalue weighted by Crippen LogP contribution is -2.46. The molecule has 0 aromatic heterocycles. The molecule has 8 nitrogen and oxygen atoms in total. The smallest absolute Gasteiger partial charge is 0.355 e. The van der Waals surface area contributed by atoms with Crippen LogP contribution in [0.15, 0.2) is 29.5 Å². The van der Waals surface area contributed by atoms with Gasteiger partial charge in [-0.15, -0.1) is 0 Å². The van der Waals surface area contributed by atoms with Crippen LogP contribution in [0.1, 0.15) is 0 Å². The van der Waals surface area contributed by atoms with Crippen LogP contribution >= 0.6 is 0 Å². The normalized spacial score (nSPS) is 18.3. The minimum atomic E-state index is -0.711. The van der Waals surface area contributed by atoms with Crippen molar-refractivity contribution in [1.82, 2.24) is 4.90 Å². The molecule has 2 heterocycles. The highest BCUT2D eigenvalue weighted by molar-refractivity contribution is 6.04. The summed E-state index contributed by atoms with van der Waals surface area (Å²) in [7, 11) is 4.46. The zero-order chi connectivity index (χ0) is 20.3. The predicted octanol–water partition coefficient (Wildman–Crippen LogP) is 0.972. The second-order valence-corrected chi connectivity index (χ2v) is 6.61. The topological polar surface area (TPSA) is 71.6 Å². The molecule has 0 unspecified atom stereocenters. The van der Waals surface area contributed by atoms with Gasteiger partial charge in [0.25, 0.3) is 0 Å². The Morgan fingerprint density at radius 3 is 2.39 bits per heavy atom. The molecule has 0 aliphatic carbocycles. The van der Waals surface area contributed by atoms with E-state index in [2.05, 4.69) is 4.90 Å². The number of methoxy groups -OCH3 is 2. The summed E-state index contributed by atoms with van der Waals surface area (Å²) in [5, 5.41) is 0. The van der Waals surface area contributed by atoms with Crippen LogP contribution in [0.2, 0.25) is 0 Å². The lowest BCUT2D eigenvalue weighted by Gasteiger charge is -2.38. The van der Waals surface area contributed by atoms with Crippen LogP contribution < -0.4 is 9.80 Å². The molecule has 0 amide bonds. The van der Waals surface area contributed by atoms with Gasteiger partial charge in [-0.25, -0.2) is 14.0 Å². The monoisotopic (exact) mass is 393 g/mol. The Hall–Kier alpha value is -2.65. The average Bonchev–Trinajstić information content (AvgIpc) is 2.72. The molecule has 1 aromatic rings. The molecule has 0 radical (unpaired) electrons. The minimum Gasteiger partial charge on any atom is -0.466 e. The largest absolute Gasteiger partial charge is 0.466 e. The van der Waals surface area contributed by atoms with Crippen LogP contribution in [0.5, 0.6) is 0 Å². The third-order valence-corrected chi connectivity index (χ3v) is 4.91. The van der Waals surface area contributed by atoms with Crippen LogP contribution in [0, 0.1) is 5.82 Å². The van der Waals surface area contributed by atoms with Gasteiger partial charge in [0.2, 0.25) is 0 Å². The van der Waals surface area contributed by atoms with Gasteiger partial charge in [-0.3, -0.25) is 0 Å². The first-order valence-electron chi connectivity index (χ1n) is 8.95. The second-order valence-electron chi connectivity index (χ2n) is 6.61. The summed E-state index contributed by atoms with van der Waals surface area (Å²) in [5.74, 6) is -1.81. The standard InChI is InChI=1S/C19H24FN3O5/c1-21-7-9-22(10-8-21)17-14(20)5-4-6-15(17)23-12-28-11-13(18(24)26-2)16(23)19(25)27-3/h4-6H,7-12H2,1-3H3. The first kappa shape index (κ1) is 20.1. The lowest BCUT2D eigenvalue weighted by atomic mass is 10.1. The third kappa shape index (κ3) is 3.81. The number of hydrogen-bond donors (Lipinski definition) is 0. The van der Waals surface area contributed by atoms with Crippen molar-refractivity contribution in [2.75, 3.05) is 70.6 Å². The molecule has 1 saturated heterocycles. The van der Waals surface area contributed by atoms with E-state index in [1.165, 1.54) is 25.2 Å². The summed E-state index contributed by atoms with van der Waals surface area (Å²) in [6.45, 7) is 2.75. The quantitative estimate of drug-likeness (QED) is 0.701. The van der Waals surface area contributed by atoms with Gasteiger partial charge in [-0.05, 0) is 19.2 Å². The van der Waals surface area contributed by atoms with Crippen molar-refractivity contribution in [2.24, 2.45) is 0 Å². The maximum absolute atomic E-state index is 14.9. The molecule has 2 aliphatic heterocycles. The first-order chi connectivity index (χ1) is 13.5. The number of rotatable bonds is 4. The number of nitrogens with zero attached hydrogens (tertiary/aromatic N) is 3. The minimum absolute atomic E-state index is 0.00146. The number of para-hydroxylation sites is 1. The van der Waals surface area contributed by atoms with Gasteiger partial charge in [0.15, 0.2) is 0 Å². The number of halogens is 1. The van der Waals surface area contributed by atoms with E-state index in [-0.39, 0.29) is 24.6 Å². The van der Waals surface area contributed by atoms with Gasteiger partial charge in [0, 0.05) is 26.2 Å².